The van der Waals surface area contributed by atoms with E-state index in [1.807, 2.05) is 31.2 Å². The number of amides is 1. The van der Waals surface area contributed by atoms with Gasteiger partial charge in [-0.25, -0.2) is 0 Å². The van der Waals surface area contributed by atoms with Crippen LogP contribution in [0.25, 0.3) is 11.0 Å². The maximum absolute atomic E-state index is 12.4. The Labute approximate surface area is 162 Å². The molecule has 9 heteroatoms. The molecule has 0 unspecified atom stereocenters. The molecule has 3 rings (SSSR count). The predicted molar refractivity (Wildman–Crippen MR) is 102 cm³/mol. The van der Waals surface area contributed by atoms with Crippen LogP contribution in [0.1, 0.15) is 18.2 Å². The lowest BCUT2D eigenvalue weighted by atomic mass is 10.1. The summed E-state index contributed by atoms with van der Waals surface area (Å²) in [5.41, 5.74) is 2.03. The highest BCUT2D eigenvalue weighted by Gasteiger charge is 2.22. The number of fused-ring (bicyclic) bond motifs is 1. The normalized spacial score (nSPS) is 12.0. The topological polar surface area (TPSA) is 114 Å². The van der Waals surface area contributed by atoms with Crippen LogP contribution in [0.5, 0.6) is 5.75 Å². The van der Waals surface area contributed by atoms with E-state index in [2.05, 4.69) is 10.3 Å². The number of carbonyl (C=O) groups excluding carboxylic acids is 1. The Hall–Kier alpha value is -2.88. The van der Waals surface area contributed by atoms with Gasteiger partial charge in [0.25, 0.3) is 0 Å². The molecule has 0 bridgehead atoms. The smallest absolute Gasteiger partial charge is 0.492 e. The molecule has 8 nitrogen and oxygen atoms in total. The van der Waals surface area contributed by atoms with Crippen LogP contribution in [0, 0.1) is 0 Å². The highest BCUT2D eigenvalue weighted by atomic mass is 16.6. The summed E-state index contributed by atoms with van der Waals surface area (Å²) in [7, 11) is -2.02. The van der Waals surface area contributed by atoms with Crippen molar-refractivity contribution in [3.8, 4) is 5.75 Å². The van der Waals surface area contributed by atoms with Crippen molar-refractivity contribution in [2.45, 2.75) is 26.0 Å². The molecular weight excluding hydrogens is 363 g/mol. The van der Waals surface area contributed by atoms with Crippen LogP contribution < -0.4 is 10.1 Å². The molecule has 146 valence electrons. The van der Waals surface area contributed by atoms with Crippen LogP contribution in [-0.4, -0.2) is 41.1 Å². The average Bonchev–Trinajstić information content (AvgIpc) is 3.06. The van der Waals surface area contributed by atoms with Gasteiger partial charge in [-0.15, -0.1) is 0 Å². The summed E-state index contributed by atoms with van der Waals surface area (Å²) in [6.07, 6.45) is 2.38. The Morgan fingerprint density at radius 2 is 2.11 bits per heavy atom. The quantitative estimate of drug-likeness (QED) is 0.378. The Bertz CT molecular complexity index is 912. The van der Waals surface area contributed by atoms with Crippen molar-refractivity contribution in [3.05, 3.63) is 60.1 Å². The van der Waals surface area contributed by atoms with Gasteiger partial charge in [-0.2, -0.15) is 0 Å². The fourth-order valence-corrected chi connectivity index (χ4v) is 2.83. The van der Waals surface area contributed by atoms with Crippen LogP contribution in [-0.2, 0) is 22.3 Å². The molecular formula is C19H21BN2O6. The molecule has 0 spiro atoms. The Morgan fingerprint density at radius 1 is 1.29 bits per heavy atom. The minimum Gasteiger partial charge on any atom is -0.492 e. The first-order chi connectivity index (χ1) is 13.5. The molecule has 1 atom stereocenters. The van der Waals surface area contributed by atoms with Crippen molar-refractivity contribution < 1.29 is 28.7 Å². The molecule has 28 heavy (non-hydrogen) atoms. The Balaban J connectivity index is 1.65. The maximum atomic E-state index is 12.4. The fraction of sp³-hybridized carbons (Fsp3) is 0.263. The molecule has 0 fully saturated rings. The monoisotopic (exact) mass is 384 g/mol. The number of hydrogen-bond donors (Lipinski definition) is 3. The number of ether oxygens (including phenoxy) is 1. The van der Waals surface area contributed by atoms with Crippen molar-refractivity contribution in [2.24, 2.45) is 0 Å². The number of furan rings is 1. The Morgan fingerprint density at radius 3 is 2.82 bits per heavy atom. The summed E-state index contributed by atoms with van der Waals surface area (Å²) in [6, 6.07) is 10.9. The minimum atomic E-state index is -2.02. The first-order valence-electron chi connectivity index (χ1n) is 8.89. The number of carbonyl (C=O) groups is 1. The molecule has 0 aliphatic carbocycles. The maximum Gasteiger partial charge on any atom is 0.635 e. The number of benzene rings is 1. The van der Waals surface area contributed by atoms with Crippen LogP contribution in [0.2, 0.25) is 0 Å². The Kier molecular flexibility index (Phi) is 6.64. The van der Waals surface area contributed by atoms with Gasteiger partial charge in [-0.05, 0) is 25.1 Å². The number of nitrogens with one attached hydrogen (secondary N) is 1. The van der Waals surface area contributed by atoms with Gasteiger partial charge in [0.05, 0.1) is 25.5 Å². The molecule has 0 aliphatic rings. The van der Waals surface area contributed by atoms with Gasteiger partial charge >= 0.3 is 7.32 Å². The first kappa shape index (κ1) is 19.9. The summed E-state index contributed by atoms with van der Waals surface area (Å²) >= 11 is 0. The minimum absolute atomic E-state index is 0.0138. The second-order valence-corrected chi connectivity index (χ2v) is 6.07. The van der Waals surface area contributed by atoms with Crippen molar-refractivity contribution in [1.29, 1.82) is 0 Å². The molecule has 0 saturated heterocycles. The number of pyridine rings is 1. The third-order valence-electron chi connectivity index (χ3n) is 4.02. The SMILES string of the molecule is CCOc1ccc(CC(=O)N[C@@H](Cc2coc3ccccc23)OB(O)O)nc1. The second-order valence-electron chi connectivity index (χ2n) is 6.07. The van der Waals surface area contributed by atoms with Gasteiger partial charge in [0.2, 0.25) is 5.91 Å². The number of nitrogens with zero attached hydrogens (tertiary/aromatic N) is 1. The summed E-state index contributed by atoms with van der Waals surface area (Å²) in [4.78, 5) is 16.5. The number of para-hydroxylation sites is 1. The number of aromatic nitrogens is 1. The molecule has 0 radical (unpaired) electrons. The average molecular weight is 384 g/mol. The fourth-order valence-electron chi connectivity index (χ4n) is 2.83. The van der Waals surface area contributed by atoms with Gasteiger partial charge in [-0.1, -0.05) is 18.2 Å². The molecule has 0 aliphatic heterocycles. The lowest BCUT2D eigenvalue weighted by molar-refractivity contribution is -0.123. The standard InChI is InChI=1S/C19H21BN2O6/c1-2-26-15-8-7-14(21-11-15)10-18(23)22-19(28-20(24)25)9-13-12-27-17-6-4-3-5-16(13)17/h3-8,11-12,19,24-25H,2,9-10H2,1H3,(H,22,23)/t19-/m1/s1. The van der Waals surface area contributed by atoms with Gasteiger partial charge in [0.1, 0.15) is 17.6 Å². The van der Waals surface area contributed by atoms with E-state index in [9.17, 15) is 14.8 Å². The summed E-state index contributed by atoms with van der Waals surface area (Å²) < 4.78 is 15.8. The second kappa shape index (κ2) is 9.36. The van der Waals surface area contributed by atoms with E-state index >= 15 is 0 Å². The van der Waals surface area contributed by atoms with Crippen molar-refractivity contribution in [1.82, 2.24) is 10.3 Å². The lowest BCUT2D eigenvalue weighted by Gasteiger charge is -2.19. The third-order valence-corrected chi connectivity index (χ3v) is 4.02. The highest BCUT2D eigenvalue weighted by Crippen LogP contribution is 2.22. The zero-order chi connectivity index (χ0) is 19.9. The van der Waals surface area contributed by atoms with Crippen molar-refractivity contribution in [3.63, 3.8) is 0 Å². The first-order valence-corrected chi connectivity index (χ1v) is 8.89. The highest BCUT2D eigenvalue weighted by molar-refractivity contribution is 6.32. The lowest BCUT2D eigenvalue weighted by Crippen LogP contribution is -2.43. The van der Waals surface area contributed by atoms with Crippen molar-refractivity contribution in [2.75, 3.05) is 6.61 Å². The number of rotatable bonds is 9. The van der Waals surface area contributed by atoms with E-state index in [1.54, 1.807) is 24.6 Å². The van der Waals surface area contributed by atoms with Crippen LogP contribution in [0.15, 0.2) is 53.3 Å². The van der Waals surface area contributed by atoms with Gasteiger partial charge in [0.15, 0.2) is 0 Å². The van der Waals surface area contributed by atoms with E-state index in [0.29, 0.717) is 23.6 Å². The summed E-state index contributed by atoms with van der Waals surface area (Å²) in [5.74, 6) is 0.262. The predicted octanol–water partition coefficient (Wildman–Crippen LogP) is 1.44. The molecule has 0 saturated carbocycles. The molecule has 2 aromatic heterocycles. The summed E-state index contributed by atoms with van der Waals surface area (Å²) in [5, 5.41) is 21.9. The molecule has 3 aromatic rings. The largest absolute Gasteiger partial charge is 0.635 e. The zero-order valence-corrected chi connectivity index (χ0v) is 15.4. The van der Waals surface area contributed by atoms with E-state index in [4.69, 9.17) is 13.8 Å². The third kappa shape index (κ3) is 5.32. The van der Waals surface area contributed by atoms with Crippen LogP contribution in [0.4, 0.5) is 0 Å². The van der Waals surface area contributed by atoms with E-state index in [0.717, 1.165) is 10.9 Å². The van der Waals surface area contributed by atoms with Gasteiger partial charge < -0.3 is 29.2 Å². The van der Waals surface area contributed by atoms with Crippen molar-refractivity contribution >= 4 is 24.2 Å². The van der Waals surface area contributed by atoms with Crippen LogP contribution >= 0.6 is 0 Å². The van der Waals surface area contributed by atoms with E-state index < -0.39 is 13.5 Å². The summed E-state index contributed by atoms with van der Waals surface area (Å²) in [6.45, 7) is 2.41. The molecule has 1 aromatic carbocycles. The van der Waals surface area contributed by atoms with Gasteiger partial charge in [0, 0.05) is 23.1 Å². The van der Waals surface area contributed by atoms with Crippen LogP contribution in [0.3, 0.4) is 0 Å². The molecule has 3 N–H and O–H groups in total. The zero-order valence-electron chi connectivity index (χ0n) is 15.4. The molecule has 2 heterocycles. The number of hydrogen-bond acceptors (Lipinski definition) is 7. The van der Waals surface area contributed by atoms with E-state index in [1.165, 1.54) is 0 Å². The molecule has 1 amide bonds. The van der Waals surface area contributed by atoms with E-state index in [-0.39, 0.29) is 18.7 Å². The van der Waals surface area contributed by atoms with Gasteiger partial charge in [-0.3, -0.25) is 9.78 Å².